The lowest BCUT2D eigenvalue weighted by Crippen LogP contribution is -2.29. The van der Waals surface area contributed by atoms with Crippen molar-refractivity contribution in [3.63, 3.8) is 0 Å². The SMILES string of the molecule is CC(C)Oc1ccc([C@H]2C(=C(O)c3ccc(Cl)cc3)C(=O)C(=O)N2Cc2cccnc2)cc1. The van der Waals surface area contributed by atoms with Crippen LogP contribution in [-0.2, 0) is 16.1 Å². The van der Waals surface area contributed by atoms with E-state index in [4.69, 9.17) is 16.3 Å². The van der Waals surface area contributed by atoms with Crippen molar-refractivity contribution in [2.75, 3.05) is 0 Å². The maximum atomic E-state index is 13.1. The highest BCUT2D eigenvalue weighted by atomic mass is 35.5. The number of ketones is 1. The van der Waals surface area contributed by atoms with Crippen LogP contribution in [0.25, 0.3) is 5.76 Å². The van der Waals surface area contributed by atoms with Crippen LogP contribution in [-0.4, -0.2) is 32.8 Å². The minimum atomic E-state index is -0.769. The molecule has 1 aliphatic heterocycles. The molecule has 0 bridgehead atoms. The van der Waals surface area contributed by atoms with E-state index in [1.54, 1.807) is 67.0 Å². The summed E-state index contributed by atoms with van der Waals surface area (Å²) in [4.78, 5) is 31.7. The van der Waals surface area contributed by atoms with E-state index in [0.717, 1.165) is 5.56 Å². The van der Waals surface area contributed by atoms with Crippen molar-refractivity contribution in [1.29, 1.82) is 0 Å². The number of ether oxygens (including phenoxy) is 1. The van der Waals surface area contributed by atoms with Gasteiger partial charge in [-0.05, 0) is 67.4 Å². The zero-order chi connectivity index (χ0) is 23.5. The summed E-state index contributed by atoms with van der Waals surface area (Å²) in [6.45, 7) is 4.04. The molecule has 3 aromatic rings. The third-order valence-electron chi connectivity index (χ3n) is 5.30. The van der Waals surface area contributed by atoms with Crippen LogP contribution in [0, 0.1) is 0 Å². The average molecular weight is 463 g/mol. The Balaban J connectivity index is 1.81. The molecule has 1 aromatic heterocycles. The molecular formula is C26H23ClN2O4. The van der Waals surface area contributed by atoms with E-state index in [1.165, 1.54) is 4.90 Å². The Morgan fingerprint density at radius 1 is 1.09 bits per heavy atom. The molecule has 1 aliphatic rings. The number of aliphatic hydroxyl groups is 1. The molecule has 1 atom stereocenters. The Morgan fingerprint density at radius 3 is 2.39 bits per heavy atom. The van der Waals surface area contributed by atoms with Crippen molar-refractivity contribution in [1.82, 2.24) is 9.88 Å². The van der Waals surface area contributed by atoms with Gasteiger partial charge in [-0.15, -0.1) is 0 Å². The van der Waals surface area contributed by atoms with Gasteiger partial charge in [0, 0.05) is 29.5 Å². The fraction of sp³-hybridized carbons (Fsp3) is 0.192. The molecule has 33 heavy (non-hydrogen) atoms. The van der Waals surface area contributed by atoms with Gasteiger partial charge in [0.05, 0.1) is 17.7 Å². The number of nitrogens with zero attached hydrogens (tertiary/aromatic N) is 2. The van der Waals surface area contributed by atoms with Gasteiger partial charge >= 0.3 is 0 Å². The molecule has 1 amide bonds. The van der Waals surface area contributed by atoms with Gasteiger partial charge in [-0.2, -0.15) is 0 Å². The monoisotopic (exact) mass is 462 g/mol. The quantitative estimate of drug-likeness (QED) is 0.311. The summed E-state index contributed by atoms with van der Waals surface area (Å²) in [6, 6.07) is 16.5. The van der Waals surface area contributed by atoms with E-state index >= 15 is 0 Å². The van der Waals surface area contributed by atoms with E-state index in [2.05, 4.69) is 4.98 Å². The summed E-state index contributed by atoms with van der Waals surface area (Å²) in [6.07, 6.45) is 3.30. The van der Waals surface area contributed by atoms with Crippen molar-refractivity contribution in [3.8, 4) is 5.75 Å². The summed E-state index contributed by atoms with van der Waals surface area (Å²) in [5.41, 5.74) is 1.90. The summed E-state index contributed by atoms with van der Waals surface area (Å²) < 4.78 is 5.72. The lowest BCUT2D eigenvalue weighted by molar-refractivity contribution is -0.140. The molecule has 0 saturated carbocycles. The number of aliphatic hydroxyl groups excluding tert-OH is 1. The second-order valence-electron chi connectivity index (χ2n) is 8.03. The second kappa shape index (κ2) is 9.46. The van der Waals surface area contributed by atoms with Crippen LogP contribution >= 0.6 is 11.6 Å². The molecule has 6 nitrogen and oxygen atoms in total. The molecule has 7 heteroatoms. The maximum absolute atomic E-state index is 13.1. The molecule has 2 aromatic carbocycles. The second-order valence-corrected chi connectivity index (χ2v) is 8.47. The van der Waals surface area contributed by atoms with E-state index in [1.807, 2.05) is 19.9 Å². The van der Waals surface area contributed by atoms with Crippen LogP contribution in [0.3, 0.4) is 0 Å². The number of hydrogen-bond donors (Lipinski definition) is 1. The first-order valence-corrected chi connectivity index (χ1v) is 10.9. The molecule has 0 spiro atoms. The van der Waals surface area contributed by atoms with Crippen molar-refractivity contribution in [2.24, 2.45) is 0 Å². The largest absolute Gasteiger partial charge is 0.507 e. The van der Waals surface area contributed by atoms with E-state index in [-0.39, 0.29) is 24.0 Å². The van der Waals surface area contributed by atoms with Crippen LogP contribution in [0.5, 0.6) is 5.75 Å². The number of carbonyl (C=O) groups excluding carboxylic acids is 2. The molecule has 0 aliphatic carbocycles. The zero-order valence-electron chi connectivity index (χ0n) is 18.2. The number of hydrogen-bond acceptors (Lipinski definition) is 5. The van der Waals surface area contributed by atoms with Crippen LogP contribution in [0.4, 0.5) is 0 Å². The number of benzene rings is 2. The fourth-order valence-electron chi connectivity index (χ4n) is 3.84. The van der Waals surface area contributed by atoms with Crippen molar-refractivity contribution in [3.05, 3.63) is 100 Å². The molecule has 4 rings (SSSR count). The van der Waals surface area contributed by atoms with Crippen LogP contribution in [0.15, 0.2) is 78.6 Å². The third-order valence-corrected chi connectivity index (χ3v) is 5.55. The van der Waals surface area contributed by atoms with Gasteiger partial charge in [-0.25, -0.2) is 0 Å². The average Bonchev–Trinajstić information content (AvgIpc) is 3.05. The van der Waals surface area contributed by atoms with Crippen LogP contribution in [0.1, 0.15) is 36.6 Å². The smallest absolute Gasteiger partial charge is 0.295 e. The maximum Gasteiger partial charge on any atom is 0.295 e. The summed E-state index contributed by atoms with van der Waals surface area (Å²) in [7, 11) is 0. The number of aromatic nitrogens is 1. The molecule has 2 heterocycles. The molecule has 1 saturated heterocycles. The highest BCUT2D eigenvalue weighted by Gasteiger charge is 2.46. The summed E-state index contributed by atoms with van der Waals surface area (Å²) >= 11 is 5.97. The van der Waals surface area contributed by atoms with Gasteiger partial charge < -0.3 is 14.7 Å². The topological polar surface area (TPSA) is 79.7 Å². The van der Waals surface area contributed by atoms with Gasteiger partial charge in [0.15, 0.2) is 0 Å². The number of amides is 1. The first-order valence-electron chi connectivity index (χ1n) is 10.5. The number of carbonyl (C=O) groups is 2. The predicted molar refractivity (Wildman–Crippen MR) is 126 cm³/mol. The lowest BCUT2D eigenvalue weighted by atomic mass is 9.95. The first-order chi connectivity index (χ1) is 15.8. The number of likely N-dealkylation sites (tertiary alicyclic amines) is 1. The Bertz CT molecular complexity index is 1190. The summed E-state index contributed by atoms with van der Waals surface area (Å²) in [5, 5.41) is 11.6. The van der Waals surface area contributed by atoms with Crippen molar-refractivity contribution in [2.45, 2.75) is 32.5 Å². The van der Waals surface area contributed by atoms with Crippen molar-refractivity contribution >= 4 is 29.1 Å². The fourth-order valence-corrected chi connectivity index (χ4v) is 3.97. The lowest BCUT2D eigenvalue weighted by Gasteiger charge is -2.25. The Hall–Kier alpha value is -3.64. The van der Waals surface area contributed by atoms with Gasteiger partial charge in [-0.1, -0.05) is 29.8 Å². The van der Waals surface area contributed by atoms with E-state index < -0.39 is 17.7 Å². The van der Waals surface area contributed by atoms with Crippen LogP contribution in [0.2, 0.25) is 5.02 Å². The summed E-state index contributed by atoms with van der Waals surface area (Å²) in [5.74, 6) is -0.984. The molecule has 168 valence electrons. The van der Waals surface area contributed by atoms with Crippen LogP contribution < -0.4 is 4.74 Å². The van der Waals surface area contributed by atoms with Gasteiger partial charge in [0.25, 0.3) is 11.7 Å². The highest BCUT2D eigenvalue weighted by molar-refractivity contribution is 6.46. The highest BCUT2D eigenvalue weighted by Crippen LogP contribution is 2.40. The normalized spacial score (nSPS) is 17.6. The Labute approximate surface area is 197 Å². The minimum Gasteiger partial charge on any atom is -0.507 e. The first kappa shape index (κ1) is 22.6. The number of halogens is 1. The Morgan fingerprint density at radius 2 is 1.79 bits per heavy atom. The predicted octanol–water partition coefficient (Wildman–Crippen LogP) is 5.14. The molecular weight excluding hydrogens is 440 g/mol. The minimum absolute atomic E-state index is 0.0111. The van der Waals surface area contributed by atoms with Gasteiger partial charge in [0.1, 0.15) is 11.5 Å². The number of rotatable bonds is 6. The molecule has 0 unspecified atom stereocenters. The Kier molecular flexibility index (Phi) is 6.47. The standard InChI is InChI=1S/C26H23ClN2O4/c1-16(2)33-21-11-7-18(8-12-21)23-22(24(30)19-5-9-20(27)10-6-19)25(31)26(32)29(23)15-17-4-3-13-28-14-17/h3-14,16,23,30H,15H2,1-2H3/t23-/m0/s1. The molecule has 0 radical (unpaired) electrons. The van der Waals surface area contributed by atoms with Crippen molar-refractivity contribution < 1.29 is 19.4 Å². The number of pyridine rings is 1. The number of Topliss-reactive ketones (excluding diaryl/α,β-unsaturated/α-hetero) is 1. The van der Waals surface area contributed by atoms with E-state index in [0.29, 0.717) is 21.9 Å². The zero-order valence-corrected chi connectivity index (χ0v) is 19.0. The molecule has 1 N–H and O–H groups in total. The van der Waals surface area contributed by atoms with Gasteiger partial charge in [0.2, 0.25) is 0 Å². The van der Waals surface area contributed by atoms with E-state index in [9.17, 15) is 14.7 Å². The van der Waals surface area contributed by atoms with Gasteiger partial charge in [-0.3, -0.25) is 14.6 Å². The molecule has 1 fully saturated rings. The third kappa shape index (κ3) is 4.76.